The lowest BCUT2D eigenvalue weighted by molar-refractivity contribution is -0.141. The van der Waals surface area contributed by atoms with Crippen LogP contribution in [-0.4, -0.2) is 4.98 Å². The minimum absolute atomic E-state index is 0.0720. The van der Waals surface area contributed by atoms with Gasteiger partial charge in [-0.25, -0.2) is 13.8 Å². The lowest BCUT2D eigenvalue weighted by atomic mass is 10.1. The molecule has 7 heteroatoms. The predicted octanol–water partition coefficient (Wildman–Crippen LogP) is 4.65. The zero-order chi connectivity index (χ0) is 15.5. The van der Waals surface area contributed by atoms with E-state index >= 15 is 0 Å². The zero-order valence-electron chi connectivity index (χ0n) is 10.7. The summed E-state index contributed by atoms with van der Waals surface area (Å²) in [5.41, 5.74) is -0.421. The van der Waals surface area contributed by atoms with Crippen LogP contribution in [0.4, 0.5) is 27.8 Å². The van der Waals surface area contributed by atoms with Crippen LogP contribution in [0.5, 0.6) is 0 Å². The highest BCUT2D eigenvalue weighted by Crippen LogP contribution is 2.28. The minimum atomic E-state index is -4.50. The lowest BCUT2D eigenvalue weighted by Crippen LogP contribution is -2.10. The van der Waals surface area contributed by atoms with Gasteiger partial charge in [0.25, 0.3) is 6.43 Å². The molecule has 1 heterocycles. The smallest absolute Gasteiger partial charge is 0.366 e. The first-order valence-corrected chi connectivity index (χ1v) is 6.01. The first-order valence-electron chi connectivity index (χ1n) is 6.01. The third kappa shape index (κ3) is 4.14. The summed E-state index contributed by atoms with van der Waals surface area (Å²) in [6.45, 7) is 0.192. The summed E-state index contributed by atoms with van der Waals surface area (Å²) in [5.74, 6) is 0.0720. The van der Waals surface area contributed by atoms with E-state index in [9.17, 15) is 22.0 Å². The quantitative estimate of drug-likeness (QED) is 0.832. The van der Waals surface area contributed by atoms with Gasteiger partial charge in [-0.2, -0.15) is 13.2 Å². The SMILES string of the molecule is FC(F)c1ccc(CNc2cccc(C(F)(F)F)n2)cc1. The van der Waals surface area contributed by atoms with Crippen LogP contribution in [0.15, 0.2) is 42.5 Å². The number of halogens is 5. The molecular formula is C14H11F5N2. The molecule has 21 heavy (non-hydrogen) atoms. The van der Waals surface area contributed by atoms with Crippen molar-refractivity contribution >= 4 is 5.82 Å². The Morgan fingerprint density at radius 2 is 1.67 bits per heavy atom. The van der Waals surface area contributed by atoms with Crippen LogP contribution in [0.25, 0.3) is 0 Å². The highest BCUT2D eigenvalue weighted by molar-refractivity contribution is 5.37. The van der Waals surface area contributed by atoms with Gasteiger partial charge in [-0.15, -0.1) is 0 Å². The van der Waals surface area contributed by atoms with E-state index in [1.54, 1.807) is 0 Å². The van der Waals surface area contributed by atoms with E-state index in [0.717, 1.165) is 6.07 Å². The van der Waals surface area contributed by atoms with Crippen molar-refractivity contribution in [2.24, 2.45) is 0 Å². The number of nitrogens with one attached hydrogen (secondary N) is 1. The van der Waals surface area contributed by atoms with Gasteiger partial charge in [-0.3, -0.25) is 0 Å². The Kier molecular flexibility index (Phi) is 4.40. The van der Waals surface area contributed by atoms with Gasteiger partial charge in [0.15, 0.2) is 0 Å². The summed E-state index contributed by atoms with van der Waals surface area (Å²) in [4.78, 5) is 3.45. The molecule has 0 spiro atoms. The number of pyridine rings is 1. The summed E-state index contributed by atoms with van der Waals surface area (Å²) in [5, 5.41) is 2.72. The maximum atomic E-state index is 12.5. The van der Waals surface area contributed by atoms with E-state index in [1.165, 1.54) is 36.4 Å². The minimum Gasteiger partial charge on any atom is -0.366 e. The predicted molar refractivity (Wildman–Crippen MR) is 68.0 cm³/mol. The Bertz CT molecular complexity index is 593. The molecule has 2 aromatic rings. The monoisotopic (exact) mass is 302 g/mol. The maximum absolute atomic E-state index is 12.5. The van der Waals surface area contributed by atoms with Crippen molar-refractivity contribution in [1.82, 2.24) is 4.98 Å². The second-order valence-corrected chi connectivity index (χ2v) is 4.30. The van der Waals surface area contributed by atoms with Crippen LogP contribution in [0, 0.1) is 0 Å². The van der Waals surface area contributed by atoms with Crippen LogP contribution < -0.4 is 5.32 Å². The van der Waals surface area contributed by atoms with Crippen LogP contribution >= 0.6 is 0 Å². The van der Waals surface area contributed by atoms with Gasteiger partial charge in [-0.05, 0) is 17.7 Å². The molecule has 2 rings (SSSR count). The fraction of sp³-hybridized carbons (Fsp3) is 0.214. The number of benzene rings is 1. The molecule has 1 aromatic carbocycles. The second-order valence-electron chi connectivity index (χ2n) is 4.30. The first-order chi connectivity index (χ1) is 9.86. The summed E-state index contributed by atoms with van der Waals surface area (Å²) in [6.07, 6.45) is -7.05. The normalized spacial score (nSPS) is 11.7. The highest BCUT2D eigenvalue weighted by Gasteiger charge is 2.32. The second kappa shape index (κ2) is 6.07. The molecule has 2 nitrogen and oxygen atoms in total. The molecule has 0 saturated heterocycles. The van der Waals surface area contributed by atoms with Crippen LogP contribution in [-0.2, 0) is 12.7 Å². The molecule has 1 N–H and O–H groups in total. The van der Waals surface area contributed by atoms with E-state index in [2.05, 4.69) is 10.3 Å². The van der Waals surface area contributed by atoms with Gasteiger partial charge >= 0.3 is 6.18 Å². The summed E-state index contributed by atoms with van der Waals surface area (Å²) in [7, 11) is 0. The third-order valence-electron chi connectivity index (χ3n) is 2.74. The van der Waals surface area contributed by atoms with Crippen LogP contribution in [0.1, 0.15) is 23.2 Å². The van der Waals surface area contributed by atoms with E-state index in [-0.39, 0.29) is 17.9 Å². The fourth-order valence-corrected chi connectivity index (χ4v) is 1.66. The topological polar surface area (TPSA) is 24.9 Å². The first kappa shape index (κ1) is 15.2. The molecule has 0 radical (unpaired) electrons. The molecule has 0 unspecified atom stereocenters. The number of hydrogen-bond donors (Lipinski definition) is 1. The summed E-state index contributed by atoms with van der Waals surface area (Å²) in [6, 6.07) is 9.07. The molecule has 0 bridgehead atoms. The van der Waals surface area contributed by atoms with Crippen LogP contribution in [0.3, 0.4) is 0 Å². The number of rotatable bonds is 4. The molecule has 1 aromatic heterocycles. The molecule has 0 aliphatic rings. The van der Waals surface area contributed by atoms with Crippen molar-refractivity contribution in [1.29, 1.82) is 0 Å². The van der Waals surface area contributed by atoms with Crippen LogP contribution in [0.2, 0.25) is 0 Å². The molecule has 0 atom stereocenters. The van der Waals surface area contributed by atoms with Crippen molar-refractivity contribution in [3.63, 3.8) is 0 Å². The Hall–Kier alpha value is -2.18. The lowest BCUT2D eigenvalue weighted by Gasteiger charge is -2.10. The van der Waals surface area contributed by atoms with E-state index in [0.29, 0.717) is 5.56 Å². The molecule has 0 aliphatic carbocycles. The third-order valence-corrected chi connectivity index (χ3v) is 2.74. The largest absolute Gasteiger partial charge is 0.433 e. The van der Waals surface area contributed by atoms with E-state index in [4.69, 9.17) is 0 Å². The number of anilines is 1. The van der Waals surface area contributed by atoms with Crippen molar-refractivity contribution < 1.29 is 22.0 Å². The van der Waals surface area contributed by atoms with Crippen molar-refractivity contribution in [2.45, 2.75) is 19.1 Å². The molecule has 0 fully saturated rings. The highest BCUT2D eigenvalue weighted by atomic mass is 19.4. The maximum Gasteiger partial charge on any atom is 0.433 e. The zero-order valence-corrected chi connectivity index (χ0v) is 10.7. The number of nitrogens with zero attached hydrogens (tertiary/aromatic N) is 1. The fourth-order valence-electron chi connectivity index (χ4n) is 1.66. The molecular weight excluding hydrogens is 291 g/mol. The van der Waals surface area contributed by atoms with Gasteiger partial charge in [0, 0.05) is 12.1 Å². The Morgan fingerprint density at radius 1 is 1.00 bits per heavy atom. The van der Waals surface area contributed by atoms with Crippen molar-refractivity contribution in [3.8, 4) is 0 Å². The average Bonchev–Trinajstić information content (AvgIpc) is 2.45. The van der Waals surface area contributed by atoms with E-state index < -0.39 is 18.3 Å². The molecule has 0 amide bonds. The number of hydrogen-bond acceptors (Lipinski definition) is 2. The number of aromatic nitrogens is 1. The van der Waals surface area contributed by atoms with Crippen molar-refractivity contribution in [3.05, 3.63) is 59.3 Å². The Labute approximate surface area is 117 Å². The molecule has 0 aliphatic heterocycles. The number of alkyl halides is 5. The average molecular weight is 302 g/mol. The van der Waals surface area contributed by atoms with E-state index in [1.807, 2.05) is 0 Å². The summed E-state index contributed by atoms with van der Waals surface area (Å²) >= 11 is 0. The Morgan fingerprint density at radius 3 is 2.24 bits per heavy atom. The standard InChI is InChI=1S/C14H11F5N2/c15-13(16)10-6-4-9(5-7-10)8-20-12-3-1-2-11(21-12)14(17,18)19/h1-7,13H,8H2,(H,20,21). The summed E-state index contributed by atoms with van der Waals surface area (Å²) < 4.78 is 62.2. The van der Waals surface area contributed by atoms with Gasteiger partial charge in [-0.1, -0.05) is 30.3 Å². The molecule has 112 valence electrons. The Balaban J connectivity index is 2.03. The van der Waals surface area contributed by atoms with Gasteiger partial charge in [0.1, 0.15) is 11.5 Å². The van der Waals surface area contributed by atoms with Gasteiger partial charge in [0.05, 0.1) is 0 Å². The van der Waals surface area contributed by atoms with Crippen molar-refractivity contribution in [2.75, 3.05) is 5.32 Å². The molecule has 0 saturated carbocycles. The van der Waals surface area contributed by atoms with Gasteiger partial charge < -0.3 is 5.32 Å². The van der Waals surface area contributed by atoms with Gasteiger partial charge in [0.2, 0.25) is 0 Å².